The van der Waals surface area contributed by atoms with E-state index in [1.807, 2.05) is 0 Å². The Morgan fingerprint density at radius 1 is 0.221 bits per heavy atom. The second-order valence-electron chi connectivity index (χ2n) is 20.6. The Hall–Kier alpha value is -1.13. The molecule has 3 rings (SSSR count). The first-order valence-corrected chi connectivity index (χ1v) is 38.9. The van der Waals surface area contributed by atoms with Crippen molar-refractivity contribution in [1.82, 2.24) is 0 Å². The van der Waals surface area contributed by atoms with Crippen LogP contribution < -0.4 is 28.4 Å². The van der Waals surface area contributed by atoms with Crippen molar-refractivity contribution in [2.45, 2.75) is 310 Å². The van der Waals surface area contributed by atoms with Crippen LogP contribution in [0.2, 0.25) is 0 Å². The molecule has 0 fully saturated rings. The summed E-state index contributed by atoms with van der Waals surface area (Å²) in [5, 5.41) is 96.0. The number of hydrogen-bond donors (Lipinski definition) is 16. The Morgan fingerprint density at radius 3 is 0.421 bits per heavy atom. The zero-order valence-corrected chi connectivity index (χ0v) is 70.0. The molecule has 0 saturated heterocycles. The van der Waals surface area contributed by atoms with E-state index < -0.39 is 7.82 Å². The van der Waals surface area contributed by atoms with Crippen LogP contribution in [-0.2, 0) is 117 Å². The molecule has 0 bridgehead atoms. The molecule has 0 saturated carbocycles. The van der Waals surface area contributed by atoms with E-state index in [9.17, 15) is 0 Å². The summed E-state index contributed by atoms with van der Waals surface area (Å²) in [6.07, 6.45) is 73.3. The molecule has 0 unspecified atom stereocenters. The van der Waals surface area contributed by atoms with E-state index in [0.717, 1.165) is 0 Å². The fraction of sp³-hybridized carbons (Fsp3) is 0.762. The van der Waals surface area contributed by atoms with Gasteiger partial charge < -0.3 is 19.2 Å². The van der Waals surface area contributed by atoms with Gasteiger partial charge in [0.25, 0.3) is 0 Å². The van der Waals surface area contributed by atoms with E-state index >= 15 is 0 Å². The summed E-state index contributed by atoms with van der Waals surface area (Å²) in [5.41, 5.74) is 0. The fourth-order valence-electron chi connectivity index (χ4n) is 9.22. The van der Waals surface area contributed by atoms with Gasteiger partial charge in [-0.05, 0) is 19.3 Å². The molecule has 0 aliphatic carbocycles. The second kappa shape index (κ2) is 144. The van der Waals surface area contributed by atoms with Gasteiger partial charge in [0.05, 0.1) is 0 Å². The Kier molecular flexibility index (Phi) is 187. The molecule has 0 amide bonds. The molecule has 3 aromatic rings. The van der Waals surface area contributed by atoms with Crippen LogP contribution in [-0.4, -0.2) is 84.1 Å². The van der Waals surface area contributed by atoms with E-state index in [0.29, 0.717) is 79.1 Å². The maximum atomic E-state index is 8.55. The molecule has 0 aliphatic rings. The second-order valence-corrected chi connectivity index (χ2v) is 21.5. The van der Waals surface area contributed by atoms with E-state index in [2.05, 4.69) is 126 Å². The number of phosphoric acid groups is 1. The standard InChI is InChI=1S/3C21H38N.H3O4P.8H2O2.4O.4W/c3*1-2-3-4-5-6-7-8-9-10-11-12-13-14-16-19-22-20-17-15-18-21-22;1-5(2,3)4;8*1-2;;;;;;;;/h3*15,17-18,20-21H,2-14,16,19H2,1H3;(H3,1,2,3,4);8*1-2H;;;;;;;;/q3*+1;;;;;;;;;;;;;;;;;/p-3. The number of aryl methyl sites for hydroxylation is 3. The van der Waals surface area contributed by atoms with Crippen molar-refractivity contribution >= 4 is 7.82 Å². The van der Waals surface area contributed by atoms with Gasteiger partial charge in [-0.25, -0.2) is 13.7 Å². The fourth-order valence-corrected chi connectivity index (χ4v) is 9.22. The average Bonchev–Trinajstić information content (AvgIpc) is 2.23. The van der Waals surface area contributed by atoms with Crippen LogP contribution in [0.3, 0.4) is 0 Å². The molecule has 0 aliphatic heterocycles. The minimum absolute atomic E-state index is 0.333. The molecule has 16 N–H and O–H groups in total. The van der Waals surface area contributed by atoms with Crippen LogP contribution in [0.4, 0.5) is 0 Å². The molecule has 27 nitrogen and oxygen atoms in total. The monoisotopic (exact) mass is 2080 g/mol. The molecule has 3 aromatic heterocycles. The Balaban J connectivity index is -0.0000000803. The number of nitrogens with zero attached hydrogens (tertiary/aromatic N) is 3. The van der Waals surface area contributed by atoms with E-state index in [1.165, 1.54) is 289 Å². The van der Waals surface area contributed by atoms with Gasteiger partial charge in [-0.2, -0.15) is 7.82 Å². The molecule has 0 atom stereocenters. The summed E-state index contributed by atoms with van der Waals surface area (Å²) in [4.78, 5) is 25.6. The number of hydrogen-bond acceptors (Lipinski definition) is 24. The predicted octanol–water partition coefficient (Wildman–Crippen LogP) is 16.2. The molecule has 32 heteroatoms. The first-order valence-electron chi connectivity index (χ1n) is 32.6. The number of unbranched alkanes of at least 4 members (excludes halogenated alkanes) is 39. The molecule has 0 aromatic carbocycles. The van der Waals surface area contributed by atoms with Gasteiger partial charge in [0.2, 0.25) is 0 Å². The van der Waals surface area contributed by atoms with Crippen LogP contribution in [0.5, 0.6) is 0 Å². The summed E-state index contributed by atoms with van der Waals surface area (Å²) in [6, 6.07) is 18.9. The molecular weight excluding hydrogens is 1950 g/mol. The summed E-state index contributed by atoms with van der Waals surface area (Å²) >= 11 is 1.33. The van der Waals surface area contributed by atoms with Crippen LogP contribution in [0.25, 0.3) is 0 Å². The van der Waals surface area contributed by atoms with Gasteiger partial charge in [-0.1, -0.05) is 270 Å². The van der Waals surface area contributed by atoms with E-state index in [4.69, 9.17) is 117 Å². The zero-order valence-electron chi connectivity index (χ0n) is 57.3. The van der Waals surface area contributed by atoms with Gasteiger partial charge in [0.15, 0.2) is 37.2 Å². The van der Waals surface area contributed by atoms with Crippen molar-refractivity contribution < 1.29 is 210 Å². The Labute approximate surface area is 614 Å². The van der Waals surface area contributed by atoms with Crippen molar-refractivity contribution in [1.29, 1.82) is 0 Å². The van der Waals surface area contributed by atoms with Gasteiger partial charge in [0, 0.05) is 55.7 Å². The SMILES string of the molecule is CCCCCCCCCCCCCCCC[n+]1ccccc1.CCCCCCCCCCCCCCCC[n+]1ccccc1.CCCCCCCCCCCCCCCC[n+]1ccccc1.O=P([O-])([O-])[O-].OO.OO.OO.OO.OO.OO.OO.OO.[O]=[W].[O]=[W].[O]=[W].[O]=[W]. The summed E-state index contributed by atoms with van der Waals surface area (Å²) in [5.74, 6) is 0. The Morgan fingerprint density at radius 2 is 0.316 bits per heavy atom. The van der Waals surface area contributed by atoms with Crippen LogP contribution in [0.1, 0.15) is 290 Å². The quantitative estimate of drug-likeness (QED) is 0.00821. The maximum absolute atomic E-state index is 8.55. The third kappa shape index (κ3) is 153. The van der Waals surface area contributed by atoms with Crippen molar-refractivity contribution in [3.8, 4) is 0 Å². The topological polar surface area (TPSA) is 490 Å². The summed E-state index contributed by atoms with van der Waals surface area (Å²) < 4.78 is 48.8. The molecular formula is C63H130N3O24PW4. The van der Waals surface area contributed by atoms with Crippen molar-refractivity contribution in [3.05, 3.63) is 91.8 Å². The van der Waals surface area contributed by atoms with Crippen LogP contribution >= 0.6 is 7.82 Å². The number of rotatable bonds is 45. The van der Waals surface area contributed by atoms with Crippen molar-refractivity contribution in [2.24, 2.45) is 0 Å². The first kappa shape index (κ1) is 124. The van der Waals surface area contributed by atoms with Gasteiger partial charge in [-0.15, -0.1) is 0 Å². The van der Waals surface area contributed by atoms with Gasteiger partial charge in [-0.3, -0.25) is 84.1 Å². The summed E-state index contributed by atoms with van der Waals surface area (Å²) in [7, 11) is -5.39. The summed E-state index contributed by atoms with van der Waals surface area (Å²) in [6.45, 7) is 10.4. The van der Waals surface area contributed by atoms with Crippen LogP contribution in [0, 0.1) is 0 Å². The zero-order chi connectivity index (χ0) is 75.7. The van der Waals surface area contributed by atoms with Crippen LogP contribution in [0.15, 0.2) is 91.8 Å². The van der Waals surface area contributed by atoms with E-state index in [1.54, 1.807) is 0 Å². The third-order valence-electron chi connectivity index (χ3n) is 13.6. The predicted molar refractivity (Wildman–Crippen MR) is 343 cm³/mol. The number of pyridine rings is 3. The molecule has 0 spiro atoms. The first-order chi connectivity index (χ1) is 46.8. The molecule has 3 heterocycles. The molecule has 0 radical (unpaired) electrons. The van der Waals surface area contributed by atoms with Crippen molar-refractivity contribution in [2.75, 3.05) is 0 Å². The van der Waals surface area contributed by atoms with Crippen molar-refractivity contribution in [3.63, 3.8) is 0 Å². The van der Waals surface area contributed by atoms with Gasteiger partial charge in [0.1, 0.15) is 19.6 Å². The Bertz CT molecular complexity index is 1430. The minimum atomic E-state index is -5.39. The third-order valence-corrected chi connectivity index (χ3v) is 13.6. The average molecular weight is 2080 g/mol. The molecule has 570 valence electrons. The van der Waals surface area contributed by atoms with E-state index in [-0.39, 0.29) is 0 Å². The number of aromatic nitrogens is 3. The molecule has 95 heavy (non-hydrogen) atoms. The normalized spacial score (nSPS) is 8.91. The van der Waals surface area contributed by atoms with Gasteiger partial charge >= 0.3 is 92.7 Å².